The molecule has 180 valence electrons. The van der Waals surface area contributed by atoms with Gasteiger partial charge in [0.25, 0.3) is 5.91 Å². The average Bonchev–Trinajstić information content (AvgIpc) is 3.40. The van der Waals surface area contributed by atoms with Gasteiger partial charge in [-0.2, -0.15) is 5.10 Å². The molecule has 5 rings (SSSR count). The number of aryl methyl sites for hydroxylation is 2. The van der Waals surface area contributed by atoms with E-state index in [0.29, 0.717) is 36.0 Å². The normalized spacial score (nSPS) is 15.0. The minimum absolute atomic E-state index is 0.195. The fourth-order valence-corrected chi connectivity index (χ4v) is 4.78. The van der Waals surface area contributed by atoms with Gasteiger partial charge in [-0.05, 0) is 55.9 Å². The third kappa shape index (κ3) is 4.43. The van der Waals surface area contributed by atoms with E-state index in [4.69, 9.17) is 9.26 Å². The number of aromatic nitrogens is 3. The molecule has 0 bridgehead atoms. The van der Waals surface area contributed by atoms with E-state index in [0.717, 1.165) is 35.4 Å². The number of rotatable bonds is 6. The summed E-state index contributed by atoms with van der Waals surface area (Å²) in [7, 11) is 1.43. The predicted molar refractivity (Wildman–Crippen MR) is 129 cm³/mol. The number of methoxy groups -OCH3 is 1. The van der Waals surface area contributed by atoms with E-state index in [1.807, 2.05) is 32.0 Å². The highest BCUT2D eigenvalue weighted by molar-refractivity contribution is 6.04. The van der Waals surface area contributed by atoms with E-state index in [-0.39, 0.29) is 11.7 Å². The summed E-state index contributed by atoms with van der Waals surface area (Å²) in [6.07, 6.45) is 2.43. The highest BCUT2D eigenvalue weighted by Gasteiger charge is 2.30. The number of hydrogen-bond acceptors (Lipinski definition) is 5. The highest BCUT2D eigenvalue weighted by Crippen LogP contribution is 2.35. The molecule has 2 aromatic carbocycles. The maximum absolute atomic E-state index is 14.1. The van der Waals surface area contributed by atoms with Crippen LogP contribution in [0.25, 0.3) is 0 Å². The first kappa shape index (κ1) is 22.8. The molecule has 0 saturated carbocycles. The van der Waals surface area contributed by atoms with Crippen LogP contribution in [-0.4, -0.2) is 28.0 Å². The number of amides is 1. The second kappa shape index (κ2) is 9.37. The smallest absolute Gasteiger partial charge is 0.278 e. The number of halogens is 1. The molecule has 2 aromatic heterocycles. The van der Waals surface area contributed by atoms with Gasteiger partial charge >= 0.3 is 0 Å². The molecule has 1 N–H and O–H groups in total. The van der Waals surface area contributed by atoms with Crippen LogP contribution in [0.1, 0.15) is 56.7 Å². The van der Waals surface area contributed by atoms with Crippen molar-refractivity contribution in [3.8, 4) is 5.75 Å². The Hall–Kier alpha value is -3.94. The molecule has 0 spiro atoms. The van der Waals surface area contributed by atoms with Gasteiger partial charge in [0, 0.05) is 12.0 Å². The van der Waals surface area contributed by atoms with Crippen molar-refractivity contribution in [1.29, 1.82) is 0 Å². The van der Waals surface area contributed by atoms with Crippen molar-refractivity contribution in [2.75, 3.05) is 12.4 Å². The number of carbonyl (C=O) groups is 1. The van der Waals surface area contributed by atoms with Gasteiger partial charge in [-0.3, -0.25) is 9.48 Å². The maximum atomic E-state index is 14.1. The lowest BCUT2D eigenvalue weighted by molar-refractivity contribution is 0.101. The zero-order valence-electron chi connectivity index (χ0n) is 20.0. The van der Waals surface area contributed by atoms with Crippen molar-refractivity contribution in [2.24, 2.45) is 0 Å². The van der Waals surface area contributed by atoms with Gasteiger partial charge in [-0.1, -0.05) is 41.6 Å². The van der Waals surface area contributed by atoms with Gasteiger partial charge in [-0.15, -0.1) is 0 Å². The van der Waals surface area contributed by atoms with Crippen LogP contribution in [0.4, 0.5) is 10.1 Å². The quantitative estimate of drug-likeness (QED) is 0.415. The van der Waals surface area contributed by atoms with E-state index in [1.54, 1.807) is 16.8 Å². The van der Waals surface area contributed by atoms with Crippen molar-refractivity contribution in [2.45, 2.75) is 45.6 Å². The van der Waals surface area contributed by atoms with Crippen LogP contribution < -0.4 is 10.1 Å². The molecule has 4 aromatic rings. The standard InChI is InChI=1S/C27H27FN4O3/c1-16-25(17(2)32(30-16)15-18-9-11-24(34-3)22(28)13-18)29-27(33)26-21-14-20(10-12-23(21)35-31-26)19-7-5-4-6-8-19/h4-9,11,13,20H,10,12,14-15H2,1-3H3,(H,29,33). The van der Waals surface area contributed by atoms with Gasteiger partial charge in [0.05, 0.1) is 30.7 Å². The number of nitrogens with one attached hydrogen (secondary N) is 1. The molecule has 1 unspecified atom stereocenters. The zero-order valence-corrected chi connectivity index (χ0v) is 20.0. The van der Waals surface area contributed by atoms with Crippen LogP contribution in [0.5, 0.6) is 5.75 Å². The van der Waals surface area contributed by atoms with Crippen LogP contribution >= 0.6 is 0 Å². The van der Waals surface area contributed by atoms with E-state index >= 15 is 0 Å². The van der Waals surface area contributed by atoms with Crippen LogP contribution in [0.2, 0.25) is 0 Å². The Bertz CT molecular complexity index is 1380. The topological polar surface area (TPSA) is 82.2 Å². The molecule has 0 saturated heterocycles. The monoisotopic (exact) mass is 474 g/mol. The molecule has 2 heterocycles. The molecular formula is C27H27FN4O3. The number of benzene rings is 2. The molecule has 8 heteroatoms. The van der Waals surface area contributed by atoms with Crippen LogP contribution in [-0.2, 0) is 19.4 Å². The lowest BCUT2D eigenvalue weighted by Gasteiger charge is -2.21. The number of fused-ring (bicyclic) bond motifs is 1. The van der Waals surface area contributed by atoms with Crippen molar-refractivity contribution in [1.82, 2.24) is 14.9 Å². The van der Waals surface area contributed by atoms with Crippen molar-refractivity contribution in [3.63, 3.8) is 0 Å². The summed E-state index contributed by atoms with van der Waals surface area (Å²) in [6.45, 7) is 4.07. The number of ether oxygens (including phenoxy) is 1. The van der Waals surface area contributed by atoms with Crippen LogP contribution in [0.3, 0.4) is 0 Å². The molecular weight excluding hydrogens is 447 g/mol. The van der Waals surface area contributed by atoms with Gasteiger partial charge in [-0.25, -0.2) is 4.39 Å². The van der Waals surface area contributed by atoms with Crippen molar-refractivity contribution >= 4 is 11.6 Å². The number of anilines is 1. The number of nitrogens with zero attached hydrogens (tertiary/aromatic N) is 3. The number of carbonyl (C=O) groups excluding carboxylic acids is 1. The Balaban J connectivity index is 1.35. The first-order valence-electron chi connectivity index (χ1n) is 11.6. The lowest BCUT2D eigenvalue weighted by atomic mass is 9.82. The summed E-state index contributed by atoms with van der Waals surface area (Å²) < 4.78 is 26.4. The molecule has 35 heavy (non-hydrogen) atoms. The fraction of sp³-hybridized carbons (Fsp3) is 0.296. The second-order valence-corrected chi connectivity index (χ2v) is 8.91. The van der Waals surface area contributed by atoms with Crippen molar-refractivity contribution in [3.05, 3.63) is 93.9 Å². The summed E-state index contributed by atoms with van der Waals surface area (Å²) in [5, 5.41) is 11.7. The Labute approximate surface area is 202 Å². The Kier molecular flexibility index (Phi) is 6.11. The third-order valence-electron chi connectivity index (χ3n) is 6.69. The molecule has 0 aliphatic heterocycles. The van der Waals surface area contributed by atoms with Gasteiger partial charge < -0.3 is 14.6 Å². The van der Waals surface area contributed by atoms with Gasteiger partial charge in [0.2, 0.25) is 0 Å². The summed E-state index contributed by atoms with van der Waals surface area (Å²) in [5.41, 5.74) is 5.26. The van der Waals surface area contributed by atoms with E-state index in [9.17, 15) is 9.18 Å². The predicted octanol–water partition coefficient (Wildman–Crippen LogP) is 5.21. The molecule has 7 nitrogen and oxygen atoms in total. The Morgan fingerprint density at radius 1 is 1.23 bits per heavy atom. The minimum Gasteiger partial charge on any atom is -0.494 e. The first-order valence-corrected chi connectivity index (χ1v) is 11.6. The van der Waals surface area contributed by atoms with Crippen LogP contribution in [0.15, 0.2) is 53.1 Å². The summed E-state index contributed by atoms with van der Waals surface area (Å²) >= 11 is 0. The largest absolute Gasteiger partial charge is 0.494 e. The van der Waals surface area contributed by atoms with Gasteiger partial charge in [0.15, 0.2) is 17.3 Å². The highest BCUT2D eigenvalue weighted by atomic mass is 19.1. The van der Waals surface area contributed by atoms with Crippen molar-refractivity contribution < 1.29 is 18.4 Å². The molecule has 1 aliphatic carbocycles. The third-order valence-corrected chi connectivity index (χ3v) is 6.69. The summed E-state index contributed by atoms with van der Waals surface area (Å²) in [4.78, 5) is 13.2. The van der Waals surface area contributed by atoms with E-state index in [2.05, 4.69) is 27.7 Å². The zero-order chi connectivity index (χ0) is 24.5. The molecule has 1 atom stereocenters. The molecule has 0 fully saturated rings. The summed E-state index contributed by atoms with van der Waals surface area (Å²) in [6, 6.07) is 15.1. The summed E-state index contributed by atoms with van der Waals surface area (Å²) in [5.74, 6) is 0.564. The van der Waals surface area contributed by atoms with E-state index in [1.165, 1.54) is 18.7 Å². The Morgan fingerprint density at radius 3 is 2.77 bits per heavy atom. The SMILES string of the molecule is COc1ccc(Cn2nc(C)c(NC(=O)c3noc4c3CC(c3ccccc3)CC4)c2C)cc1F. The first-order chi connectivity index (χ1) is 16.9. The molecule has 1 aliphatic rings. The van der Waals surface area contributed by atoms with Crippen LogP contribution in [0, 0.1) is 19.7 Å². The average molecular weight is 475 g/mol. The fourth-order valence-electron chi connectivity index (χ4n) is 4.78. The number of hydrogen-bond donors (Lipinski definition) is 1. The van der Waals surface area contributed by atoms with Gasteiger partial charge in [0.1, 0.15) is 5.76 Å². The second-order valence-electron chi connectivity index (χ2n) is 8.91. The van der Waals surface area contributed by atoms with E-state index < -0.39 is 5.82 Å². The Morgan fingerprint density at radius 2 is 2.03 bits per heavy atom. The minimum atomic E-state index is -0.426. The maximum Gasteiger partial charge on any atom is 0.278 e. The lowest BCUT2D eigenvalue weighted by Crippen LogP contribution is -2.19. The molecule has 1 amide bonds. The molecule has 0 radical (unpaired) electrons.